The van der Waals surface area contributed by atoms with Gasteiger partial charge in [0.15, 0.2) is 0 Å². The van der Waals surface area contributed by atoms with Gasteiger partial charge in [-0.1, -0.05) is 32.4 Å². The Morgan fingerprint density at radius 1 is 1.30 bits per heavy atom. The van der Waals surface area contributed by atoms with Gasteiger partial charge >= 0.3 is 6.03 Å². The van der Waals surface area contributed by atoms with Crippen LogP contribution in [0.5, 0.6) is 0 Å². The van der Waals surface area contributed by atoms with Crippen LogP contribution in [0.1, 0.15) is 25.8 Å². The molecule has 110 valence electrons. The van der Waals surface area contributed by atoms with Crippen molar-refractivity contribution in [2.45, 2.75) is 32.9 Å². The van der Waals surface area contributed by atoms with Gasteiger partial charge in [-0.3, -0.25) is 4.79 Å². The zero-order chi connectivity index (χ0) is 15.1. The number of carbonyl (C=O) groups excluding carboxylic acids is 2. The maximum atomic E-state index is 12.2. The van der Waals surface area contributed by atoms with Crippen LogP contribution in [0.2, 0.25) is 0 Å². The molecule has 0 saturated carbocycles. The van der Waals surface area contributed by atoms with Crippen molar-refractivity contribution < 1.29 is 14.7 Å². The van der Waals surface area contributed by atoms with Crippen molar-refractivity contribution in [3.8, 4) is 0 Å². The molecule has 3 amide bonds. The Kier molecular flexibility index (Phi) is 5.99. The first kappa shape index (κ1) is 16.0. The van der Waals surface area contributed by atoms with Crippen LogP contribution in [0.15, 0.2) is 24.3 Å². The molecule has 0 aliphatic heterocycles. The first-order chi connectivity index (χ1) is 9.47. The zero-order valence-electron chi connectivity index (χ0n) is 11.7. The molecular weight excluding hydrogens is 258 g/mol. The third kappa shape index (κ3) is 4.55. The lowest BCUT2D eigenvalue weighted by atomic mass is 9.98. The van der Waals surface area contributed by atoms with E-state index in [0.29, 0.717) is 5.69 Å². The number of anilines is 1. The number of rotatable bonds is 6. The minimum absolute atomic E-state index is 0.0285. The summed E-state index contributed by atoms with van der Waals surface area (Å²) in [6.45, 7) is 3.76. The third-order valence-corrected chi connectivity index (χ3v) is 3.20. The summed E-state index contributed by atoms with van der Waals surface area (Å²) < 4.78 is 0. The molecule has 1 rings (SSSR count). The summed E-state index contributed by atoms with van der Waals surface area (Å²) in [5.74, 6) is -0.339. The molecule has 5 N–H and O–H groups in total. The van der Waals surface area contributed by atoms with Crippen molar-refractivity contribution in [3.63, 3.8) is 0 Å². The highest BCUT2D eigenvalue weighted by atomic mass is 16.3. The number of benzene rings is 1. The summed E-state index contributed by atoms with van der Waals surface area (Å²) in [4.78, 5) is 23.1. The summed E-state index contributed by atoms with van der Waals surface area (Å²) in [5.41, 5.74) is 6.46. The van der Waals surface area contributed by atoms with Crippen LogP contribution in [0.25, 0.3) is 0 Å². The van der Waals surface area contributed by atoms with Gasteiger partial charge < -0.3 is 21.5 Å². The first-order valence-corrected chi connectivity index (χ1v) is 6.54. The molecule has 0 aliphatic carbocycles. The molecular formula is C14H21N3O3. The molecule has 0 saturated heterocycles. The topological polar surface area (TPSA) is 104 Å². The predicted molar refractivity (Wildman–Crippen MR) is 77.0 cm³/mol. The molecule has 0 aromatic heterocycles. The van der Waals surface area contributed by atoms with Crippen molar-refractivity contribution in [2.24, 2.45) is 11.7 Å². The smallest absolute Gasteiger partial charge is 0.312 e. The first-order valence-electron chi connectivity index (χ1n) is 6.54. The van der Waals surface area contributed by atoms with E-state index in [4.69, 9.17) is 10.8 Å². The van der Waals surface area contributed by atoms with Gasteiger partial charge in [0.1, 0.15) is 6.04 Å². The Morgan fingerprint density at radius 2 is 1.90 bits per heavy atom. The molecule has 2 unspecified atom stereocenters. The molecule has 0 bridgehead atoms. The van der Waals surface area contributed by atoms with E-state index in [1.807, 2.05) is 13.8 Å². The maximum Gasteiger partial charge on any atom is 0.312 e. The lowest BCUT2D eigenvalue weighted by molar-refractivity contribution is -0.119. The van der Waals surface area contributed by atoms with Gasteiger partial charge in [0.05, 0.1) is 6.61 Å². The van der Waals surface area contributed by atoms with Crippen LogP contribution in [0.3, 0.4) is 0 Å². The largest absolute Gasteiger partial charge is 0.392 e. The molecule has 2 atom stereocenters. The van der Waals surface area contributed by atoms with Gasteiger partial charge in [-0.2, -0.15) is 0 Å². The number of aliphatic hydroxyl groups is 1. The molecule has 0 aliphatic rings. The second kappa shape index (κ2) is 7.49. The second-order valence-electron chi connectivity index (χ2n) is 4.72. The Bertz CT molecular complexity index is 459. The van der Waals surface area contributed by atoms with Crippen LogP contribution in [-0.4, -0.2) is 23.1 Å². The van der Waals surface area contributed by atoms with E-state index in [9.17, 15) is 9.59 Å². The van der Waals surface area contributed by atoms with Crippen LogP contribution in [0, 0.1) is 5.92 Å². The average molecular weight is 279 g/mol. The fourth-order valence-corrected chi connectivity index (χ4v) is 1.77. The van der Waals surface area contributed by atoms with E-state index < -0.39 is 12.1 Å². The standard InChI is InChI=1S/C14H21N3O3/c1-3-9(2)12(17-14(15)20)13(19)16-11-6-4-10(8-18)5-7-11/h4-7,9,12,18H,3,8H2,1-2H3,(H,16,19)(H3,15,17,20). The zero-order valence-corrected chi connectivity index (χ0v) is 11.7. The molecule has 0 fully saturated rings. The van der Waals surface area contributed by atoms with Crippen molar-refractivity contribution in [1.82, 2.24) is 5.32 Å². The second-order valence-corrected chi connectivity index (χ2v) is 4.72. The highest BCUT2D eigenvalue weighted by Gasteiger charge is 2.25. The van der Waals surface area contributed by atoms with Gasteiger partial charge in [0.2, 0.25) is 5.91 Å². The Hall–Kier alpha value is -2.08. The molecule has 0 spiro atoms. The number of primary amides is 1. The maximum absolute atomic E-state index is 12.2. The average Bonchev–Trinajstić information content (AvgIpc) is 2.44. The molecule has 6 heteroatoms. The fourth-order valence-electron chi connectivity index (χ4n) is 1.77. The minimum atomic E-state index is -0.721. The van der Waals surface area contributed by atoms with Gasteiger partial charge in [0, 0.05) is 5.69 Å². The quantitative estimate of drug-likeness (QED) is 0.629. The van der Waals surface area contributed by atoms with E-state index in [2.05, 4.69) is 10.6 Å². The summed E-state index contributed by atoms with van der Waals surface area (Å²) in [6, 6.07) is 5.43. The van der Waals surface area contributed by atoms with Gasteiger partial charge in [0.25, 0.3) is 0 Å². The summed E-state index contributed by atoms with van der Waals surface area (Å²) >= 11 is 0. The number of hydrogen-bond donors (Lipinski definition) is 4. The number of urea groups is 1. The lowest BCUT2D eigenvalue weighted by Gasteiger charge is -2.22. The monoisotopic (exact) mass is 279 g/mol. The highest BCUT2D eigenvalue weighted by Crippen LogP contribution is 2.13. The van der Waals surface area contributed by atoms with Crippen LogP contribution < -0.4 is 16.4 Å². The molecule has 6 nitrogen and oxygen atoms in total. The normalized spacial score (nSPS) is 13.3. The molecule has 0 heterocycles. The number of carbonyl (C=O) groups is 2. The lowest BCUT2D eigenvalue weighted by Crippen LogP contribution is -2.49. The predicted octanol–water partition coefficient (Wildman–Crippen LogP) is 1.20. The van der Waals surface area contributed by atoms with Crippen LogP contribution in [0.4, 0.5) is 10.5 Å². The summed E-state index contributed by atoms with van der Waals surface area (Å²) in [5, 5.41) is 14.1. The number of hydrogen-bond acceptors (Lipinski definition) is 3. The van der Waals surface area contributed by atoms with Crippen molar-refractivity contribution in [3.05, 3.63) is 29.8 Å². The van der Waals surface area contributed by atoms with E-state index in [-0.39, 0.29) is 18.4 Å². The third-order valence-electron chi connectivity index (χ3n) is 3.20. The van der Waals surface area contributed by atoms with Crippen LogP contribution >= 0.6 is 0 Å². The van der Waals surface area contributed by atoms with Crippen molar-refractivity contribution in [1.29, 1.82) is 0 Å². The molecule has 1 aromatic rings. The van der Waals surface area contributed by atoms with Crippen LogP contribution in [-0.2, 0) is 11.4 Å². The van der Waals surface area contributed by atoms with E-state index >= 15 is 0 Å². The number of nitrogens with two attached hydrogens (primary N) is 1. The van der Waals surface area contributed by atoms with Gasteiger partial charge in [-0.25, -0.2) is 4.79 Å². The number of amides is 3. The Labute approximate surface area is 118 Å². The fraction of sp³-hybridized carbons (Fsp3) is 0.429. The molecule has 20 heavy (non-hydrogen) atoms. The van der Waals surface area contributed by atoms with Crippen molar-refractivity contribution >= 4 is 17.6 Å². The highest BCUT2D eigenvalue weighted by molar-refractivity contribution is 5.97. The Morgan fingerprint density at radius 3 is 2.35 bits per heavy atom. The van der Waals surface area contributed by atoms with Gasteiger partial charge in [-0.15, -0.1) is 0 Å². The van der Waals surface area contributed by atoms with Gasteiger partial charge in [-0.05, 0) is 23.6 Å². The SMILES string of the molecule is CCC(C)C(NC(N)=O)C(=O)Nc1ccc(CO)cc1. The summed E-state index contributed by atoms with van der Waals surface area (Å²) in [7, 11) is 0. The Balaban J connectivity index is 2.76. The van der Waals surface area contributed by atoms with Crippen molar-refractivity contribution in [2.75, 3.05) is 5.32 Å². The summed E-state index contributed by atoms with van der Waals surface area (Å²) in [6.07, 6.45) is 0.738. The molecule has 0 radical (unpaired) electrons. The van der Waals surface area contributed by atoms with E-state index in [1.165, 1.54) is 0 Å². The number of aliphatic hydroxyl groups excluding tert-OH is 1. The number of nitrogens with one attached hydrogen (secondary N) is 2. The van der Waals surface area contributed by atoms with E-state index in [0.717, 1.165) is 12.0 Å². The molecule has 1 aromatic carbocycles. The van der Waals surface area contributed by atoms with E-state index in [1.54, 1.807) is 24.3 Å². The minimum Gasteiger partial charge on any atom is -0.392 e.